The van der Waals surface area contributed by atoms with Crippen LogP contribution in [0.4, 0.5) is 0 Å². The molecule has 1 aliphatic heterocycles. The molecule has 0 radical (unpaired) electrons. The van der Waals surface area contributed by atoms with E-state index in [0.29, 0.717) is 22.8 Å². The standard InChI is InChI=1S/C22H20ClN3O3/c1-13(27)26-19(12-18(25-26)14-7-9-16(28-2)10-8-14)17-11-15-5-4-6-20(29-3)21(15)24-22(17)23/h4-11,19H,12H2,1-3H3/t19-/m0/s1. The van der Waals surface area contributed by atoms with Crippen molar-refractivity contribution in [3.8, 4) is 11.5 Å². The molecule has 0 saturated carbocycles. The minimum Gasteiger partial charge on any atom is -0.497 e. The van der Waals surface area contributed by atoms with Crippen molar-refractivity contribution >= 4 is 34.1 Å². The first-order valence-corrected chi connectivity index (χ1v) is 9.54. The van der Waals surface area contributed by atoms with Gasteiger partial charge < -0.3 is 9.47 Å². The summed E-state index contributed by atoms with van der Waals surface area (Å²) in [6.07, 6.45) is 0.544. The van der Waals surface area contributed by atoms with Gasteiger partial charge in [0.25, 0.3) is 0 Å². The van der Waals surface area contributed by atoms with Gasteiger partial charge in [0.05, 0.1) is 26.0 Å². The highest BCUT2D eigenvalue weighted by molar-refractivity contribution is 6.30. The summed E-state index contributed by atoms with van der Waals surface area (Å²) in [6.45, 7) is 1.50. The minimum atomic E-state index is -0.319. The molecule has 0 unspecified atom stereocenters. The van der Waals surface area contributed by atoms with E-state index in [1.807, 2.05) is 48.5 Å². The Morgan fingerprint density at radius 2 is 1.90 bits per heavy atom. The highest BCUT2D eigenvalue weighted by Gasteiger charge is 2.33. The minimum absolute atomic E-state index is 0.152. The molecule has 1 amide bonds. The first kappa shape index (κ1) is 19.2. The van der Waals surface area contributed by atoms with Crippen LogP contribution in [0.1, 0.15) is 30.5 Å². The van der Waals surface area contributed by atoms with Crippen molar-refractivity contribution in [3.63, 3.8) is 0 Å². The summed E-state index contributed by atoms with van der Waals surface area (Å²) < 4.78 is 10.6. The van der Waals surface area contributed by atoms with Crippen molar-refractivity contribution in [1.29, 1.82) is 0 Å². The van der Waals surface area contributed by atoms with Crippen molar-refractivity contribution in [1.82, 2.24) is 9.99 Å². The number of carbonyl (C=O) groups excluding carboxylic acids is 1. The van der Waals surface area contributed by atoms with Gasteiger partial charge in [0.1, 0.15) is 22.2 Å². The number of ether oxygens (including phenoxy) is 2. The molecule has 2 aromatic carbocycles. The Labute approximate surface area is 173 Å². The van der Waals surface area contributed by atoms with Crippen molar-refractivity contribution in [2.75, 3.05) is 14.2 Å². The van der Waals surface area contributed by atoms with Crippen molar-refractivity contribution in [2.45, 2.75) is 19.4 Å². The van der Waals surface area contributed by atoms with Gasteiger partial charge in [-0.2, -0.15) is 5.10 Å². The lowest BCUT2D eigenvalue weighted by molar-refractivity contribution is -0.130. The Bertz CT molecular complexity index is 1110. The molecule has 29 heavy (non-hydrogen) atoms. The highest BCUT2D eigenvalue weighted by Crippen LogP contribution is 2.38. The number of aromatic nitrogens is 1. The number of methoxy groups -OCH3 is 2. The summed E-state index contributed by atoms with van der Waals surface area (Å²) >= 11 is 6.54. The molecule has 2 heterocycles. The lowest BCUT2D eigenvalue weighted by Gasteiger charge is -2.21. The smallest absolute Gasteiger partial charge is 0.240 e. The van der Waals surface area contributed by atoms with Crippen molar-refractivity contribution in [3.05, 3.63) is 64.8 Å². The highest BCUT2D eigenvalue weighted by atomic mass is 35.5. The van der Waals surface area contributed by atoms with E-state index in [2.05, 4.69) is 10.1 Å². The fourth-order valence-corrected chi connectivity index (χ4v) is 3.83. The van der Waals surface area contributed by atoms with Gasteiger partial charge in [-0.05, 0) is 42.0 Å². The fraction of sp³-hybridized carbons (Fsp3) is 0.227. The average molecular weight is 410 g/mol. The largest absolute Gasteiger partial charge is 0.497 e. The molecule has 0 fully saturated rings. The monoisotopic (exact) mass is 409 g/mol. The molecule has 4 rings (SSSR count). The third-order valence-corrected chi connectivity index (χ3v) is 5.33. The number of amides is 1. The molecule has 7 heteroatoms. The van der Waals surface area contributed by atoms with Crippen LogP contribution in [0.2, 0.25) is 5.15 Å². The molecule has 6 nitrogen and oxygen atoms in total. The molecule has 148 valence electrons. The number of nitrogens with zero attached hydrogens (tertiary/aromatic N) is 3. The van der Waals surface area contributed by atoms with Crippen molar-refractivity contribution in [2.24, 2.45) is 5.10 Å². The second kappa shape index (κ2) is 7.72. The van der Waals surface area contributed by atoms with E-state index in [4.69, 9.17) is 21.1 Å². The molecule has 1 aliphatic rings. The van der Waals surface area contributed by atoms with E-state index in [0.717, 1.165) is 28.0 Å². The summed E-state index contributed by atoms with van der Waals surface area (Å²) in [5.74, 6) is 1.27. The number of pyridine rings is 1. The summed E-state index contributed by atoms with van der Waals surface area (Å²) in [4.78, 5) is 16.8. The van der Waals surface area contributed by atoms with E-state index in [9.17, 15) is 4.79 Å². The van der Waals surface area contributed by atoms with Crippen LogP contribution in [-0.2, 0) is 4.79 Å². The Balaban J connectivity index is 1.74. The van der Waals surface area contributed by atoms with Gasteiger partial charge >= 0.3 is 0 Å². The zero-order valence-corrected chi connectivity index (χ0v) is 17.1. The van der Waals surface area contributed by atoms with Gasteiger partial charge in [-0.15, -0.1) is 0 Å². The van der Waals surface area contributed by atoms with Gasteiger partial charge in [0.2, 0.25) is 5.91 Å². The van der Waals surface area contributed by atoms with Crippen LogP contribution in [0.3, 0.4) is 0 Å². The molecule has 1 aromatic heterocycles. The van der Waals surface area contributed by atoms with Gasteiger partial charge in [-0.1, -0.05) is 23.7 Å². The second-order valence-electron chi connectivity index (χ2n) is 6.76. The van der Waals surface area contributed by atoms with E-state index in [-0.39, 0.29) is 11.9 Å². The fourth-order valence-electron chi connectivity index (χ4n) is 3.56. The van der Waals surface area contributed by atoms with Crippen LogP contribution < -0.4 is 9.47 Å². The van der Waals surface area contributed by atoms with Crippen LogP contribution in [0.5, 0.6) is 11.5 Å². The van der Waals surface area contributed by atoms with Gasteiger partial charge in [0, 0.05) is 24.3 Å². The summed E-state index contributed by atoms with van der Waals surface area (Å²) in [7, 11) is 3.22. The number of hydrazone groups is 1. The number of hydrogen-bond donors (Lipinski definition) is 0. The summed E-state index contributed by atoms with van der Waals surface area (Å²) in [5, 5.41) is 7.29. The zero-order valence-electron chi connectivity index (χ0n) is 16.3. The van der Waals surface area contributed by atoms with E-state index >= 15 is 0 Å². The topological polar surface area (TPSA) is 64.0 Å². The molecule has 0 N–H and O–H groups in total. The number of fused-ring (bicyclic) bond motifs is 1. The summed E-state index contributed by atoms with van der Waals surface area (Å²) in [6, 6.07) is 14.9. The zero-order chi connectivity index (χ0) is 20.5. The normalized spacial score (nSPS) is 16.1. The SMILES string of the molecule is COc1ccc(C2=NN(C(C)=O)[C@H](c3cc4cccc(OC)c4nc3Cl)C2)cc1. The third-order valence-electron chi connectivity index (χ3n) is 5.02. The number of benzene rings is 2. The van der Waals surface area contributed by atoms with Crippen LogP contribution in [0.15, 0.2) is 53.6 Å². The van der Waals surface area contributed by atoms with Crippen molar-refractivity contribution < 1.29 is 14.3 Å². The molecule has 0 aliphatic carbocycles. The maximum Gasteiger partial charge on any atom is 0.240 e. The predicted octanol–water partition coefficient (Wildman–Crippen LogP) is 4.60. The molecule has 0 bridgehead atoms. The van der Waals surface area contributed by atoms with Crippen LogP contribution in [-0.4, -0.2) is 35.8 Å². The Morgan fingerprint density at radius 1 is 1.14 bits per heavy atom. The lowest BCUT2D eigenvalue weighted by atomic mass is 9.98. The maximum absolute atomic E-state index is 12.3. The molecule has 1 atom stereocenters. The maximum atomic E-state index is 12.3. The van der Waals surface area contributed by atoms with Crippen LogP contribution >= 0.6 is 11.6 Å². The van der Waals surface area contributed by atoms with Crippen LogP contribution in [0, 0.1) is 0 Å². The molecule has 0 spiro atoms. The number of para-hydroxylation sites is 1. The van der Waals surface area contributed by atoms with E-state index < -0.39 is 0 Å². The molecular formula is C22H20ClN3O3. The van der Waals surface area contributed by atoms with E-state index in [1.165, 1.54) is 11.9 Å². The second-order valence-corrected chi connectivity index (χ2v) is 7.12. The Kier molecular flexibility index (Phi) is 5.11. The van der Waals surface area contributed by atoms with Gasteiger partial charge in [-0.25, -0.2) is 9.99 Å². The van der Waals surface area contributed by atoms with Gasteiger partial charge in [-0.3, -0.25) is 4.79 Å². The lowest BCUT2D eigenvalue weighted by Crippen LogP contribution is -2.24. The van der Waals surface area contributed by atoms with Gasteiger partial charge in [0.15, 0.2) is 0 Å². The third kappa shape index (κ3) is 3.51. The first-order valence-electron chi connectivity index (χ1n) is 9.16. The first-order chi connectivity index (χ1) is 14.0. The number of carbonyl (C=O) groups is 1. The number of rotatable bonds is 4. The molecular weight excluding hydrogens is 390 g/mol. The molecule has 0 saturated heterocycles. The number of halogens is 1. The number of hydrogen-bond acceptors (Lipinski definition) is 5. The van der Waals surface area contributed by atoms with Crippen LogP contribution in [0.25, 0.3) is 10.9 Å². The Morgan fingerprint density at radius 3 is 2.55 bits per heavy atom. The predicted molar refractivity (Wildman–Crippen MR) is 113 cm³/mol. The average Bonchev–Trinajstić information content (AvgIpc) is 3.18. The van der Waals surface area contributed by atoms with E-state index in [1.54, 1.807) is 14.2 Å². The quantitative estimate of drug-likeness (QED) is 0.590. The summed E-state index contributed by atoms with van der Waals surface area (Å²) in [5.41, 5.74) is 3.20. The molecule has 3 aromatic rings. The Hall–Kier alpha value is -3.12.